The number of aromatic nitrogens is 2. The van der Waals surface area contributed by atoms with Gasteiger partial charge >= 0.3 is 0 Å². The molecule has 2 rings (SSSR count). The highest BCUT2D eigenvalue weighted by molar-refractivity contribution is 7.90. The van der Waals surface area contributed by atoms with Gasteiger partial charge in [-0.05, 0) is 25.0 Å². The van der Waals surface area contributed by atoms with E-state index in [4.69, 9.17) is 18.0 Å². The molecule has 6 nitrogen and oxygen atoms in total. The van der Waals surface area contributed by atoms with Crippen LogP contribution in [0.3, 0.4) is 0 Å². The van der Waals surface area contributed by atoms with Crippen molar-refractivity contribution in [1.82, 2.24) is 13.5 Å². The predicted molar refractivity (Wildman–Crippen MR) is 87.8 cm³/mol. The quantitative estimate of drug-likeness (QED) is 0.776. The smallest absolute Gasteiger partial charge is 0.243 e. The second kappa shape index (κ2) is 5.91. The van der Waals surface area contributed by atoms with Crippen LogP contribution in [0.25, 0.3) is 11.0 Å². The molecule has 0 aliphatic carbocycles. The minimum Gasteiger partial charge on any atom is -0.392 e. The number of nitrogens with zero attached hydrogens (tertiary/aromatic N) is 2. The van der Waals surface area contributed by atoms with Gasteiger partial charge in [-0.1, -0.05) is 32.1 Å². The van der Waals surface area contributed by atoms with Gasteiger partial charge in [0.15, 0.2) is 0 Å². The van der Waals surface area contributed by atoms with Gasteiger partial charge < -0.3 is 5.73 Å². The summed E-state index contributed by atoms with van der Waals surface area (Å²) in [5.41, 5.74) is 5.73. The third-order valence-electron chi connectivity index (χ3n) is 3.55. The molecule has 0 spiro atoms. The topological polar surface area (TPSA) is 98.0 Å². The SMILES string of the molecule is CCC(CC)(NS(=O)(=O)c1cccc2nsnc12)C(N)=S. The van der Waals surface area contributed by atoms with Crippen molar-refractivity contribution in [2.75, 3.05) is 0 Å². The number of hydrogen-bond donors (Lipinski definition) is 2. The Morgan fingerprint density at radius 2 is 2.05 bits per heavy atom. The molecular weight excluding hydrogens is 328 g/mol. The van der Waals surface area contributed by atoms with Crippen LogP contribution < -0.4 is 10.5 Å². The fourth-order valence-corrected chi connectivity index (χ4v) is 4.80. The Morgan fingerprint density at radius 3 is 2.62 bits per heavy atom. The van der Waals surface area contributed by atoms with E-state index in [1.54, 1.807) is 12.1 Å². The summed E-state index contributed by atoms with van der Waals surface area (Å²) in [6.07, 6.45) is 0.951. The van der Waals surface area contributed by atoms with Crippen LogP contribution in [-0.4, -0.2) is 27.7 Å². The first-order valence-corrected chi connectivity index (χ1v) is 9.03. The summed E-state index contributed by atoms with van der Waals surface area (Å²) in [5.74, 6) is 0. The molecule has 0 saturated carbocycles. The molecule has 21 heavy (non-hydrogen) atoms. The molecule has 2 aromatic rings. The Kier molecular flexibility index (Phi) is 4.57. The van der Waals surface area contributed by atoms with E-state index in [1.807, 2.05) is 13.8 Å². The average molecular weight is 344 g/mol. The first-order valence-electron chi connectivity index (χ1n) is 6.41. The van der Waals surface area contributed by atoms with Crippen LogP contribution in [0.1, 0.15) is 26.7 Å². The standard InChI is InChI=1S/C12H16N4O2S3/c1-3-12(4-2,11(13)19)16-21(17,18)9-7-5-6-8-10(9)15-20-14-8/h5-7,16H,3-4H2,1-2H3,(H2,13,19). The fraction of sp³-hybridized carbons (Fsp3) is 0.417. The van der Waals surface area contributed by atoms with Gasteiger partial charge in [0.1, 0.15) is 15.9 Å². The summed E-state index contributed by atoms with van der Waals surface area (Å²) in [6.45, 7) is 3.69. The van der Waals surface area contributed by atoms with Crippen molar-refractivity contribution in [3.63, 3.8) is 0 Å². The average Bonchev–Trinajstić information content (AvgIpc) is 2.92. The third-order valence-corrected chi connectivity index (χ3v) is 6.05. The van der Waals surface area contributed by atoms with Crippen LogP contribution in [0.5, 0.6) is 0 Å². The minimum absolute atomic E-state index is 0.0938. The molecule has 0 amide bonds. The van der Waals surface area contributed by atoms with E-state index < -0.39 is 15.6 Å². The Bertz CT molecular complexity index is 766. The second-order valence-corrected chi connectivity index (χ2v) is 7.27. The van der Waals surface area contributed by atoms with Crippen molar-refractivity contribution in [2.24, 2.45) is 5.73 Å². The fourth-order valence-electron chi connectivity index (χ4n) is 2.10. The Hall–Kier alpha value is -1.16. The molecule has 1 heterocycles. The molecule has 0 aliphatic rings. The first kappa shape index (κ1) is 16.2. The molecule has 3 N–H and O–H groups in total. The van der Waals surface area contributed by atoms with E-state index in [9.17, 15) is 8.42 Å². The highest BCUT2D eigenvalue weighted by Gasteiger charge is 2.35. The molecule has 0 fully saturated rings. The van der Waals surface area contributed by atoms with Gasteiger partial charge in [-0.2, -0.15) is 13.5 Å². The normalized spacial score (nSPS) is 12.7. The zero-order chi connectivity index (χ0) is 15.7. The van der Waals surface area contributed by atoms with Gasteiger partial charge in [-0.15, -0.1) is 0 Å². The van der Waals surface area contributed by atoms with E-state index in [0.29, 0.717) is 23.9 Å². The maximum atomic E-state index is 12.7. The number of fused-ring (bicyclic) bond motifs is 1. The van der Waals surface area contributed by atoms with Crippen molar-refractivity contribution >= 4 is 50.0 Å². The number of nitrogens with one attached hydrogen (secondary N) is 1. The number of thiocarbonyl (C=S) groups is 1. The molecule has 1 aromatic heterocycles. The van der Waals surface area contributed by atoms with Gasteiger partial charge in [-0.3, -0.25) is 0 Å². The molecule has 0 aliphatic heterocycles. The number of rotatable bonds is 6. The zero-order valence-corrected chi connectivity index (χ0v) is 14.1. The summed E-state index contributed by atoms with van der Waals surface area (Å²) >= 11 is 6.03. The van der Waals surface area contributed by atoms with Gasteiger partial charge in [0.05, 0.1) is 22.3 Å². The number of benzene rings is 1. The third kappa shape index (κ3) is 2.91. The lowest BCUT2D eigenvalue weighted by atomic mass is 9.94. The molecule has 9 heteroatoms. The largest absolute Gasteiger partial charge is 0.392 e. The molecule has 0 radical (unpaired) electrons. The van der Waals surface area contributed by atoms with Crippen molar-refractivity contribution in [2.45, 2.75) is 37.1 Å². The highest BCUT2D eigenvalue weighted by Crippen LogP contribution is 2.24. The van der Waals surface area contributed by atoms with Crippen molar-refractivity contribution in [3.05, 3.63) is 18.2 Å². The van der Waals surface area contributed by atoms with Gasteiger partial charge in [0.25, 0.3) is 0 Å². The number of nitrogens with two attached hydrogens (primary N) is 1. The maximum Gasteiger partial charge on any atom is 0.243 e. The van der Waals surface area contributed by atoms with Crippen molar-refractivity contribution in [1.29, 1.82) is 0 Å². The maximum absolute atomic E-state index is 12.7. The monoisotopic (exact) mass is 344 g/mol. The van der Waals surface area contributed by atoms with Crippen LogP contribution in [0, 0.1) is 0 Å². The van der Waals surface area contributed by atoms with E-state index in [-0.39, 0.29) is 9.88 Å². The second-order valence-electron chi connectivity index (χ2n) is 4.65. The van der Waals surface area contributed by atoms with Crippen molar-refractivity contribution < 1.29 is 8.42 Å². The van der Waals surface area contributed by atoms with E-state index in [2.05, 4.69) is 13.5 Å². The van der Waals surface area contributed by atoms with E-state index in [0.717, 1.165) is 11.7 Å². The van der Waals surface area contributed by atoms with Gasteiger partial charge in [0, 0.05) is 0 Å². The summed E-state index contributed by atoms with van der Waals surface area (Å²) in [4.78, 5) is 0.232. The van der Waals surface area contributed by atoms with Gasteiger partial charge in [0.2, 0.25) is 10.0 Å². The lowest BCUT2D eigenvalue weighted by Crippen LogP contribution is -2.55. The van der Waals surface area contributed by atoms with Crippen LogP contribution >= 0.6 is 23.9 Å². The molecule has 1 aromatic carbocycles. The molecule has 0 atom stereocenters. The van der Waals surface area contributed by atoms with Crippen LogP contribution in [0.4, 0.5) is 0 Å². The molecule has 0 unspecified atom stereocenters. The summed E-state index contributed by atoms with van der Waals surface area (Å²) < 4.78 is 36.1. The summed E-state index contributed by atoms with van der Waals surface area (Å²) in [5, 5.41) is 0. The van der Waals surface area contributed by atoms with Crippen LogP contribution in [-0.2, 0) is 10.0 Å². The number of sulfonamides is 1. The number of hydrogen-bond acceptors (Lipinski definition) is 6. The first-order chi connectivity index (χ1) is 9.86. The molecule has 0 bridgehead atoms. The Balaban J connectivity index is 2.52. The Labute approximate surface area is 133 Å². The Morgan fingerprint density at radius 1 is 1.38 bits per heavy atom. The summed E-state index contributed by atoms with van der Waals surface area (Å²) in [6, 6.07) is 4.86. The lowest BCUT2D eigenvalue weighted by Gasteiger charge is -2.31. The summed E-state index contributed by atoms with van der Waals surface area (Å²) in [7, 11) is -3.80. The van der Waals surface area contributed by atoms with E-state index >= 15 is 0 Å². The van der Waals surface area contributed by atoms with Crippen LogP contribution in [0.15, 0.2) is 23.1 Å². The predicted octanol–water partition coefficient (Wildman–Crippen LogP) is 1.81. The molecule has 0 saturated heterocycles. The lowest BCUT2D eigenvalue weighted by molar-refractivity contribution is 0.466. The van der Waals surface area contributed by atoms with Crippen molar-refractivity contribution in [3.8, 4) is 0 Å². The van der Waals surface area contributed by atoms with E-state index in [1.165, 1.54) is 6.07 Å². The van der Waals surface area contributed by atoms with Crippen LogP contribution in [0.2, 0.25) is 0 Å². The molecule has 114 valence electrons. The molecular formula is C12H16N4O2S3. The zero-order valence-electron chi connectivity index (χ0n) is 11.7. The van der Waals surface area contributed by atoms with Gasteiger partial charge in [-0.25, -0.2) is 8.42 Å². The highest BCUT2D eigenvalue weighted by atomic mass is 32.2. The minimum atomic E-state index is -3.80.